The van der Waals surface area contributed by atoms with Crippen molar-refractivity contribution in [3.05, 3.63) is 10.9 Å². The lowest BCUT2D eigenvalue weighted by Gasteiger charge is -2.23. The fourth-order valence-electron chi connectivity index (χ4n) is 2.31. The maximum Gasteiger partial charge on any atom is 0.223 e. The zero-order valence-electron chi connectivity index (χ0n) is 11.0. The highest BCUT2D eigenvalue weighted by Gasteiger charge is 2.17. The average molecular weight is 294 g/mol. The normalized spacial score (nSPS) is 16.9. The molecule has 1 saturated heterocycles. The van der Waals surface area contributed by atoms with Crippen LogP contribution in [0.3, 0.4) is 0 Å². The number of aromatic nitrogens is 2. The van der Waals surface area contributed by atoms with Gasteiger partial charge in [-0.1, -0.05) is 6.92 Å². The number of thiophene rings is 1. The Balaban J connectivity index is 1.94. The van der Waals surface area contributed by atoms with Crippen molar-refractivity contribution in [2.75, 3.05) is 22.6 Å². The molecular weight excluding hydrogens is 276 g/mol. The lowest BCUT2D eigenvalue weighted by molar-refractivity contribution is 0.665. The molecule has 2 aromatic rings. The number of thioether (sulfide) groups is 1. The fourth-order valence-corrected chi connectivity index (χ4v) is 4.39. The first-order valence-electron chi connectivity index (χ1n) is 6.66. The molecule has 3 heterocycles. The second-order valence-electron chi connectivity index (χ2n) is 4.75. The molecule has 0 aliphatic carbocycles. The lowest BCUT2D eigenvalue weighted by Crippen LogP contribution is -2.25. The predicted octanol–water partition coefficient (Wildman–Crippen LogP) is 3.14. The number of hydrogen-bond donors (Lipinski definition) is 2. The van der Waals surface area contributed by atoms with Crippen molar-refractivity contribution in [1.82, 2.24) is 9.97 Å². The molecule has 0 spiro atoms. The molecule has 102 valence electrons. The number of nitrogens with one attached hydrogen (secondary N) is 1. The van der Waals surface area contributed by atoms with Crippen LogP contribution in [-0.2, 0) is 6.42 Å². The van der Waals surface area contributed by atoms with E-state index in [1.165, 1.54) is 29.2 Å². The summed E-state index contributed by atoms with van der Waals surface area (Å²) in [6.07, 6.45) is 3.42. The minimum absolute atomic E-state index is 0.365. The number of fused-ring (bicyclic) bond motifs is 1. The summed E-state index contributed by atoms with van der Waals surface area (Å²) in [6.45, 7) is 2.16. The van der Waals surface area contributed by atoms with Crippen LogP contribution in [0, 0.1) is 0 Å². The van der Waals surface area contributed by atoms with E-state index in [9.17, 15) is 0 Å². The minimum Gasteiger partial charge on any atom is -0.368 e. The van der Waals surface area contributed by atoms with Crippen LogP contribution in [-0.4, -0.2) is 27.5 Å². The van der Waals surface area contributed by atoms with Gasteiger partial charge in [0.2, 0.25) is 5.95 Å². The molecule has 2 aromatic heterocycles. The van der Waals surface area contributed by atoms with Gasteiger partial charge >= 0.3 is 0 Å². The molecule has 3 rings (SSSR count). The van der Waals surface area contributed by atoms with Crippen LogP contribution in [0.2, 0.25) is 0 Å². The van der Waals surface area contributed by atoms with Gasteiger partial charge < -0.3 is 11.1 Å². The number of aryl methyl sites for hydroxylation is 1. The van der Waals surface area contributed by atoms with Crippen molar-refractivity contribution < 1.29 is 0 Å². The van der Waals surface area contributed by atoms with Crippen molar-refractivity contribution in [3.8, 4) is 0 Å². The summed E-state index contributed by atoms with van der Waals surface area (Å²) in [6, 6.07) is 2.71. The molecule has 0 saturated carbocycles. The van der Waals surface area contributed by atoms with Gasteiger partial charge in [-0.3, -0.25) is 0 Å². The standard InChI is InChI=1S/C13H18N4S2/c1-2-9-7-10-11(15-8-3-5-18-6-4-8)16-13(14)17-12(10)19-9/h7-8H,2-6H2,1H3,(H3,14,15,16,17). The second kappa shape index (κ2) is 5.54. The summed E-state index contributed by atoms with van der Waals surface area (Å²) in [7, 11) is 0. The van der Waals surface area contributed by atoms with Gasteiger partial charge in [-0.2, -0.15) is 16.7 Å². The van der Waals surface area contributed by atoms with Gasteiger partial charge in [-0.25, -0.2) is 4.98 Å². The number of nitrogens with zero attached hydrogens (tertiary/aromatic N) is 2. The molecule has 0 aromatic carbocycles. The molecule has 0 bridgehead atoms. The van der Waals surface area contributed by atoms with Gasteiger partial charge in [0, 0.05) is 10.9 Å². The highest BCUT2D eigenvalue weighted by atomic mass is 32.2. The van der Waals surface area contributed by atoms with Gasteiger partial charge in [0.1, 0.15) is 10.6 Å². The highest BCUT2D eigenvalue weighted by Crippen LogP contribution is 2.31. The molecule has 0 atom stereocenters. The molecule has 0 radical (unpaired) electrons. The van der Waals surface area contributed by atoms with Crippen LogP contribution in [0.1, 0.15) is 24.6 Å². The summed E-state index contributed by atoms with van der Waals surface area (Å²) in [4.78, 5) is 11.1. The molecule has 3 N–H and O–H groups in total. The number of hydrogen-bond acceptors (Lipinski definition) is 6. The van der Waals surface area contributed by atoms with E-state index in [-0.39, 0.29) is 0 Å². The number of nitrogens with two attached hydrogens (primary N) is 1. The highest BCUT2D eigenvalue weighted by molar-refractivity contribution is 7.99. The zero-order chi connectivity index (χ0) is 13.2. The van der Waals surface area contributed by atoms with E-state index >= 15 is 0 Å². The van der Waals surface area contributed by atoms with E-state index in [1.807, 2.05) is 11.8 Å². The molecular formula is C13H18N4S2. The number of anilines is 2. The van der Waals surface area contributed by atoms with Crippen LogP contribution in [0.25, 0.3) is 10.2 Å². The third-order valence-electron chi connectivity index (χ3n) is 3.37. The molecule has 0 unspecified atom stereocenters. The van der Waals surface area contributed by atoms with Gasteiger partial charge in [0.25, 0.3) is 0 Å². The van der Waals surface area contributed by atoms with Crippen LogP contribution in [0.15, 0.2) is 6.07 Å². The maximum atomic E-state index is 5.82. The first kappa shape index (κ1) is 13.0. The van der Waals surface area contributed by atoms with Gasteiger partial charge in [-0.05, 0) is 36.8 Å². The SMILES string of the molecule is CCc1cc2c(NC3CCSCC3)nc(N)nc2s1. The molecule has 0 amide bonds. The fraction of sp³-hybridized carbons (Fsp3) is 0.538. The van der Waals surface area contributed by atoms with E-state index in [0.29, 0.717) is 12.0 Å². The quantitative estimate of drug-likeness (QED) is 0.910. The Morgan fingerprint density at radius 2 is 2.16 bits per heavy atom. The van der Waals surface area contributed by atoms with Crippen molar-refractivity contribution in [1.29, 1.82) is 0 Å². The Kier molecular flexibility index (Phi) is 3.79. The van der Waals surface area contributed by atoms with Gasteiger partial charge in [-0.15, -0.1) is 11.3 Å². The number of nitrogen functional groups attached to an aromatic ring is 1. The topological polar surface area (TPSA) is 63.8 Å². The number of rotatable bonds is 3. The monoisotopic (exact) mass is 294 g/mol. The predicted molar refractivity (Wildman–Crippen MR) is 85.2 cm³/mol. The van der Waals surface area contributed by atoms with E-state index < -0.39 is 0 Å². The molecule has 1 aliphatic heterocycles. The van der Waals surface area contributed by atoms with E-state index in [1.54, 1.807) is 11.3 Å². The van der Waals surface area contributed by atoms with Crippen molar-refractivity contribution >= 4 is 45.1 Å². The third-order valence-corrected chi connectivity index (χ3v) is 5.59. The molecule has 1 fully saturated rings. The summed E-state index contributed by atoms with van der Waals surface area (Å²) in [5.41, 5.74) is 5.82. The maximum absolute atomic E-state index is 5.82. The Labute approximate surface area is 121 Å². The molecule has 1 aliphatic rings. The Morgan fingerprint density at radius 1 is 1.37 bits per heavy atom. The van der Waals surface area contributed by atoms with Crippen molar-refractivity contribution in [2.24, 2.45) is 0 Å². The molecule has 19 heavy (non-hydrogen) atoms. The third kappa shape index (κ3) is 2.79. The summed E-state index contributed by atoms with van der Waals surface area (Å²) in [5, 5.41) is 4.68. The van der Waals surface area contributed by atoms with Crippen LogP contribution in [0.4, 0.5) is 11.8 Å². The second-order valence-corrected chi connectivity index (χ2v) is 7.09. The molecule has 4 nitrogen and oxygen atoms in total. The van der Waals surface area contributed by atoms with E-state index in [2.05, 4.69) is 28.3 Å². The van der Waals surface area contributed by atoms with E-state index in [0.717, 1.165) is 22.5 Å². The van der Waals surface area contributed by atoms with E-state index in [4.69, 9.17) is 5.73 Å². The van der Waals surface area contributed by atoms with Gasteiger partial charge in [0.05, 0.1) is 5.39 Å². The summed E-state index contributed by atoms with van der Waals surface area (Å²) in [5.74, 6) is 3.73. The Hall–Kier alpha value is -1.01. The van der Waals surface area contributed by atoms with Crippen LogP contribution < -0.4 is 11.1 Å². The smallest absolute Gasteiger partial charge is 0.223 e. The largest absolute Gasteiger partial charge is 0.368 e. The lowest BCUT2D eigenvalue weighted by atomic mass is 10.1. The summed E-state index contributed by atoms with van der Waals surface area (Å²) < 4.78 is 0. The van der Waals surface area contributed by atoms with Crippen LogP contribution >= 0.6 is 23.1 Å². The minimum atomic E-state index is 0.365. The first-order chi connectivity index (χ1) is 9.26. The van der Waals surface area contributed by atoms with Crippen molar-refractivity contribution in [3.63, 3.8) is 0 Å². The zero-order valence-corrected chi connectivity index (χ0v) is 12.6. The average Bonchev–Trinajstić information content (AvgIpc) is 2.83. The summed E-state index contributed by atoms with van der Waals surface area (Å²) >= 11 is 3.74. The Morgan fingerprint density at radius 3 is 2.89 bits per heavy atom. The van der Waals surface area contributed by atoms with Crippen LogP contribution in [0.5, 0.6) is 0 Å². The Bertz CT molecular complexity index is 575. The van der Waals surface area contributed by atoms with Crippen molar-refractivity contribution in [2.45, 2.75) is 32.2 Å². The van der Waals surface area contributed by atoms with Gasteiger partial charge in [0.15, 0.2) is 0 Å². The molecule has 6 heteroatoms. The first-order valence-corrected chi connectivity index (χ1v) is 8.63.